The Morgan fingerprint density at radius 2 is 2.18 bits per heavy atom. The number of esters is 1. The molecule has 0 unspecified atom stereocenters. The Bertz CT molecular complexity index is 634. The van der Waals surface area contributed by atoms with Crippen molar-refractivity contribution >= 4 is 5.97 Å². The van der Waals surface area contributed by atoms with Crippen LogP contribution in [0, 0.1) is 0 Å². The summed E-state index contributed by atoms with van der Waals surface area (Å²) in [5.74, 6) is 0.329. The maximum atomic E-state index is 11.6. The first kappa shape index (κ1) is 14.8. The second kappa shape index (κ2) is 6.77. The van der Waals surface area contributed by atoms with Crippen molar-refractivity contribution in [2.24, 2.45) is 0 Å². The number of ether oxygens (including phenoxy) is 1. The van der Waals surface area contributed by atoms with Crippen LogP contribution in [0.25, 0.3) is 5.69 Å². The number of carbonyl (C=O) groups excluding carboxylic acids is 1. The van der Waals surface area contributed by atoms with E-state index in [0.717, 1.165) is 31.4 Å². The highest BCUT2D eigenvalue weighted by atomic mass is 16.5. The van der Waals surface area contributed by atoms with Crippen LogP contribution in [0.5, 0.6) is 0 Å². The molecule has 1 heterocycles. The highest BCUT2D eigenvalue weighted by molar-refractivity contribution is 5.69. The molecule has 0 fully saturated rings. The standard InChI is InChI=1S/C18H22N2O2/c1-2-22-18(21)12-11-14-7-6-10-17-16(14)13-19-20(17)15-8-4-3-5-9-15/h3-5,8-9,13-14H,2,6-7,10-12H2,1H3/t14-/m1/s1. The molecule has 1 aliphatic rings. The summed E-state index contributed by atoms with van der Waals surface area (Å²) in [7, 11) is 0. The molecule has 4 heteroatoms. The second-order valence-corrected chi connectivity index (χ2v) is 5.73. The molecule has 4 nitrogen and oxygen atoms in total. The van der Waals surface area contributed by atoms with Crippen molar-refractivity contribution in [2.75, 3.05) is 6.61 Å². The van der Waals surface area contributed by atoms with Gasteiger partial charge in [-0.2, -0.15) is 5.10 Å². The number of benzene rings is 1. The van der Waals surface area contributed by atoms with E-state index in [1.807, 2.05) is 36.0 Å². The summed E-state index contributed by atoms with van der Waals surface area (Å²) < 4.78 is 7.08. The lowest BCUT2D eigenvalue weighted by atomic mass is 9.84. The highest BCUT2D eigenvalue weighted by Gasteiger charge is 2.25. The van der Waals surface area contributed by atoms with Gasteiger partial charge in [-0.15, -0.1) is 0 Å². The van der Waals surface area contributed by atoms with Gasteiger partial charge in [-0.3, -0.25) is 4.79 Å². The maximum Gasteiger partial charge on any atom is 0.305 e. The third-order valence-electron chi connectivity index (χ3n) is 4.31. The average Bonchev–Trinajstić information content (AvgIpc) is 2.98. The summed E-state index contributed by atoms with van der Waals surface area (Å²) in [6.07, 6.45) is 6.67. The van der Waals surface area contributed by atoms with Crippen molar-refractivity contribution < 1.29 is 9.53 Å². The van der Waals surface area contributed by atoms with Gasteiger partial charge in [-0.1, -0.05) is 18.2 Å². The summed E-state index contributed by atoms with van der Waals surface area (Å²) in [4.78, 5) is 11.6. The minimum absolute atomic E-state index is 0.0925. The normalized spacial score (nSPS) is 17.0. The molecule has 0 bridgehead atoms. The SMILES string of the molecule is CCOC(=O)CC[C@H]1CCCc2c1cnn2-c1ccccc1. The fourth-order valence-corrected chi connectivity index (χ4v) is 3.27. The van der Waals surface area contributed by atoms with Gasteiger partial charge in [0.15, 0.2) is 0 Å². The van der Waals surface area contributed by atoms with Crippen molar-refractivity contribution in [1.29, 1.82) is 0 Å². The number of nitrogens with zero attached hydrogens (tertiary/aromatic N) is 2. The van der Waals surface area contributed by atoms with E-state index in [9.17, 15) is 4.79 Å². The molecule has 0 radical (unpaired) electrons. The van der Waals surface area contributed by atoms with E-state index in [2.05, 4.69) is 17.2 Å². The number of para-hydroxylation sites is 1. The molecule has 0 N–H and O–H groups in total. The number of hydrogen-bond donors (Lipinski definition) is 0. The summed E-state index contributed by atoms with van der Waals surface area (Å²) in [5.41, 5.74) is 3.71. The van der Waals surface area contributed by atoms with Gasteiger partial charge in [0, 0.05) is 12.1 Å². The van der Waals surface area contributed by atoms with Crippen LogP contribution in [0.1, 0.15) is 49.8 Å². The highest BCUT2D eigenvalue weighted by Crippen LogP contribution is 2.35. The van der Waals surface area contributed by atoms with Gasteiger partial charge in [0.05, 0.1) is 18.5 Å². The van der Waals surface area contributed by atoms with Crippen molar-refractivity contribution in [2.45, 2.75) is 44.9 Å². The second-order valence-electron chi connectivity index (χ2n) is 5.73. The van der Waals surface area contributed by atoms with Crippen molar-refractivity contribution in [3.05, 3.63) is 47.8 Å². The van der Waals surface area contributed by atoms with Crippen molar-refractivity contribution in [3.8, 4) is 5.69 Å². The zero-order valence-electron chi connectivity index (χ0n) is 13.0. The first-order valence-electron chi connectivity index (χ1n) is 8.07. The molecule has 1 aliphatic carbocycles. The zero-order chi connectivity index (χ0) is 15.4. The Morgan fingerprint density at radius 3 is 2.95 bits per heavy atom. The van der Waals surface area contributed by atoms with Gasteiger partial charge >= 0.3 is 5.97 Å². The van der Waals surface area contributed by atoms with E-state index in [1.165, 1.54) is 11.3 Å². The fourth-order valence-electron chi connectivity index (χ4n) is 3.27. The summed E-state index contributed by atoms with van der Waals surface area (Å²) in [6, 6.07) is 10.2. The largest absolute Gasteiger partial charge is 0.466 e. The Kier molecular flexibility index (Phi) is 4.56. The molecule has 0 amide bonds. The minimum atomic E-state index is -0.0925. The smallest absolute Gasteiger partial charge is 0.305 e. The van der Waals surface area contributed by atoms with E-state index in [0.29, 0.717) is 18.9 Å². The predicted molar refractivity (Wildman–Crippen MR) is 85.1 cm³/mol. The molecule has 1 aromatic heterocycles. The van der Waals surface area contributed by atoms with Crippen LogP contribution in [0.4, 0.5) is 0 Å². The van der Waals surface area contributed by atoms with Gasteiger partial charge < -0.3 is 4.74 Å². The molecule has 1 atom stereocenters. The first-order chi connectivity index (χ1) is 10.8. The van der Waals surface area contributed by atoms with E-state index in [4.69, 9.17) is 4.74 Å². The van der Waals surface area contributed by atoms with Crippen molar-refractivity contribution in [1.82, 2.24) is 9.78 Å². The topological polar surface area (TPSA) is 44.1 Å². The number of fused-ring (bicyclic) bond motifs is 1. The number of aromatic nitrogens is 2. The molecule has 2 aromatic rings. The van der Waals surface area contributed by atoms with Gasteiger partial charge in [-0.05, 0) is 56.2 Å². The molecule has 0 saturated carbocycles. The van der Waals surface area contributed by atoms with Gasteiger partial charge in [0.1, 0.15) is 0 Å². The Balaban J connectivity index is 1.77. The predicted octanol–water partition coefficient (Wildman–Crippen LogP) is 3.64. The maximum absolute atomic E-state index is 11.6. The summed E-state index contributed by atoms with van der Waals surface area (Å²) in [6.45, 7) is 2.31. The fraction of sp³-hybridized carbons (Fsp3) is 0.444. The third kappa shape index (κ3) is 3.06. The molecule has 0 aliphatic heterocycles. The molecule has 22 heavy (non-hydrogen) atoms. The van der Waals surface area contributed by atoms with Crippen LogP contribution in [0.2, 0.25) is 0 Å². The van der Waals surface area contributed by atoms with E-state index < -0.39 is 0 Å². The zero-order valence-corrected chi connectivity index (χ0v) is 13.0. The van der Waals surface area contributed by atoms with Crippen LogP contribution in [0.15, 0.2) is 36.5 Å². The van der Waals surface area contributed by atoms with Gasteiger partial charge in [0.25, 0.3) is 0 Å². The number of carbonyl (C=O) groups is 1. The van der Waals surface area contributed by atoms with Gasteiger partial charge in [-0.25, -0.2) is 4.68 Å². The minimum Gasteiger partial charge on any atom is -0.466 e. The molecular formula is C18H22N2O2. The average molecular weight is 298 g/mol. The van der Waals surface area contributed by atoms with E-state index in [1.54, 1.807) is 0 Å². The Morgan fingerprint density at radius 1 is 1.36 bits per heavy atom. The quantitative estimate of drug-likeness (QED) is 0.792. The van der Waals surface area contributed by atoms with Crippen LogP contribution in [-0.2, 0) is 16.0 Å². The number of hydrogen-bond acceptors (Lipinski definition) is 3. The molecule has 1 aromatic carbocycles. The van der Waals surface area contributed by atoms with Crippen LogP contribution >= 0.6 is 0 Å². The van der Waals surface area contributed by atoms with Gasteiger partial charge in [0.2, 0.25) is 0 Å². The third-order valence-corrected chi connectivity index (χ3v) is 4.31. The molecular weight excluding hydrogens is 276 g/mol. The van der Waals surface area contributed by atoms with E-state index >= 15 is 0 Å². The van der Waals surface area contributed by atoms with Crippen molar-refractivity contribution in [3.63, 3.8) is 0 Å². The lowest BCUT2D eigenvalue weighted by molar-refractivity contribution is -0.143. The Hall–Kier alpha value is -2.10. The molecule has 0 saturated heterocycles. The number of rotatable bonds is 5. The molecule has 3 rings (SSSR count). The van der Waals surface area contributed by atoms with Crippen LogP contribution in [0.3, 0.4) is 0 Å². The first-order valence-corrected chi connectivity index (χ1v) is 8.07. The van der Waals surface area contributed by atoms with E-state index in [-0.39, 0.29) is 5.97 Å². The summed E-state index contributed by atoms with van der Waals surface area (Å²) in [5, 5.41) is 4.58. The van der Waals surface area contributed by atoms with Crippen LogP contribution in [-0.4, -0.2) is 22.4 Å². The lowest BCUT2D eigenvalue weighted by Crippen LogP contribution is -2.14. The molecule has 0 spiro atoms. The summed E-state index contributed by atoms with van der Waals surface area (Å²) >= 11 is 0. The lowest BCUT2D eigenvalue weighted by Gasteiger charge is -2.23. The molecule has 116 valence electrons. The Labute approximate surface area is 131 Å². The monoisotopic (exact) mass is 298 g/mol. The van der Waals surface area contributed by atoms with Crippen LogP contribution < -0.4 is 0 Å².